The molecule has 0 saturated heterocycles. The van der Waals surface area contributed by atoms with E-state index in [2.05, 4.69) is 33.1 Å². The number of carbonyl (C=O) groups is 1. The van der Waals surface area contributed by atoms with E-state index >= 15 is 0 Å². The number of aryl methyl sites for hydroxylation is 2. The van der Waals surface area contributed by atoms with E-state index in [1.54, 1.807) is 6.92 Å². The van der Waals surface area contributed by atoms with Crippen LogP contribution < -0.4 is 14.9 Å². The number of carbonyl (C=O) groups excluding carboxylic acids is 1. The van der Waals surface area contributed by atoms with Gasteiger partial charge >= 0.3 is 0 Å². The Bertz CT molecular complexity index is 938. The minimum atomic E-state index is -0.614. The number of non-ortho nitro benzene ring substituents is 1. The molecule has 0 unspecified atom stereocenters. The number of nitro groups is 1. The largest absolute Gasteiger partial charge is 0.504 e. The molecule has 2 aromatic rings. The maximum atomic E-state index is 12.0. The third kappa shape index (κ3) is 6.04. The van der Waals surface area contributed by atoms with Crippen LogP contribution in [0.1, 0.15) is 23.6 Å². The fourth-order valence-corrected chi connectivity index (χ4v) is 3.49. The Kier molecular flexibility index (Phi) is 7.76. The third-order valence-corrected chi connectivity index (χ3v) is 4.39. The second-order valence-corrected chi connectivity index (χ2v) is 7.27. The molecule has 2 N–H and O–H groups in total. The molecule has 29 heavy (non-hydrogen) atoms. The molecule has 0 aliphatic carbocycles. The molecule has 0 radical (unpaired) electrons. The van der Waals surface area contributed by atoms with Crippen LogP contribution in [0.2, 0.25) is 0 Å². The number of amides is 1. The van der Waals surface area contributed by atoms with Gasteiger partial charge in [0.2, 0.25) is 0 Å². The number of nitrogens with one attached hydrogen (secondary N) is 1. The number of nitro benzene ring substituents is 1. The molecule has 0 saturated carbocycles. The summed E-state index contributed by atoms with van der Waals surface area (Å²) in [6.45, 7) is 5.42. The molecule has 1 amide bonds. The summed E-state index contributed by atoms with van der Waals surface area (Å²) in [5.41, 5.74) is 3.85. The van der Waals surface area contributed by atoms with E-state index in [4.69, 9.17) is 9.47 Å². The average molecular weight is 513 g/mol. The summed E-state index contributed by atoms with van der Waals surface area (Å²) in [7, 11) is 0. The highest BCUT2D eigenvalue weighted by Crippen LogP contribution is 2.33. The molecular weight excluding hydrogens is 493 g/mol. The molecular formula is C19H20IN3O6. The third-order valence-electron chi connectivity index (χ3n) is 3.77. The lowest BCUT2D eigenvalue weighted by molar-refractivity contribution is -0.385. The van der Waals surface area contributed by atoms with Crippen molar-refractivity contribution in [2.45, 2.75) is 20.8 Å². The van der Waals surface area contributed by atoms with E-state index in [-0.39, 0.29) is 36.0 Å². The standard InChI is InChI=1S/C19H20IN3O6/c1-4-28-16-8-15(23(26)27)7-13(18(16)25)9-21-22-17(24)10-29-19-11(2)5-14(20)6-12(19)3/h5-9,25H,4,10H2,1-3H3,(H,22,24)/b21-9-. The summed E-state index contributed by atoms with van der Waals surface area (Å²) in [4.78, 5) is 22.4. The lowest BCUT2D eigenvalue weighted by Gasteiger charge is -2.12. The maximum Gasteiger partial charge on any atom is 0.277 e. The number of rotatable bonds is 8. The number of hydrazone groups is 1. The van der Waals surface area contributed by atoms with Crippen LogP contribution in [-0.2, 0) is 4.79 Å². The fraction of sp³-hybridized carbons (Fsp3) is 0.263. The summed E-state index contributed by atoms with van der Waals surface area (Å²) < 4.78 is 11.8. The second kappa shape index (κ2) is 10.0. The van der Waals surface area contributed by atoms with Crippen molar-refractivity contribution < 1.29 is 24.3 Å². The number of ether oxygens (including phenoxy) is 2. The van der Waals surface area contributed by atoms with Gasteiger partial charge < -0.3 is 14.6 Å². The van der Waals surface area contributed by atoms with Crippen molar-refractivity contribution in [2.75, 3.05) is 13.2 Å². The molecule has 0 spiro atoms. The second-order valence-electron chi connectivity index (χ2n) is 6.02. The Morgan fingerprint density at radius 1 is 1.28 bits per heavy atom. The van der Waals surface area contributed by atoms with Crippen LogP contribution in [0, 0.1) is 27.5 Å². The molecule has 0 aliphatic heterocycles. The number of nitrogens with zero attached hydrogens (tertiary/aromatic N) is 2. The van der Waals surface area contributed by atoms with Crippen LogP contribution in [0.3, 0.4) is 0 Å². The minimum Gasteiger partial charge on any atom is -0.504 e. The Labute approximate surface area is 181 Å². The Morgan fingerprint density at radius 2 is 1.93 bits per heavy atom. The van der Waals surface area contributed by atoms with E-state index in [0.29, 0.717) is 5.75 Å². The van der Waals surface area contributed by atoms with Crippen molar-refractivity contribution in [1.82, 2.24) is 5.43 Å². The summed E-state index contributed by atoms with van der Waals surface area (Å²) in [6, 6.07) is 6.14. The van der Waals surface area contributed by atoms with Crippen LogP contribution in [-0.4, -0.2) is 35.4 Å². The van der Waals surface area contributed by atoms with Crippen LogP contribution in [0.4, 0.5) is 5.69 Å². The number of phenols is 1. The molecule has 0 aliphatic rings. The van der Waals surface area contributed by atoms with E-state index in [1.807, 2.05) is 26.0 Å². The summed E-state index contributed by atoms with van der Waals surface area (Å²) in [5, 5.41) is 24.9. The summed E-state index contributed by atoms with van der Waals surface area (Å²) in [5.74, 6) is -0.241. The maximum absolute atomic E-state index is 12.0. The average Bonchev–Trinajstić information content (AvgIpc) is 2.63. The van der Waals surface area contributed by atoms with Gasteiger partial charge in [0.05, 0.1) is 23.8 Å². The molecule has 0 aromatic heterocycles. The van der Waals surface area contributed by atoms with E-state index in [0.717, 1.165) is 33.0 Å². The highest BCUT2D eigenvalue weighted by Gasteiger charge is 2.16. The van der Waals surface area contributed by atoms with Gasteiger partial charge in [0.15, 0.2) is 18.1 Å². The number of benzene rings is 2. The number of halogens is 1. The quantitative estimate of drug-likeness (QED) is 0.241. The van der Waals surface area contributed by atoms with Gasteiger partial charge in [-0.25, -0.2) is 5.43 Å². The number of hydrogen-bond acceptors (Lipinski definition) is 7. The monoisotopic (exact) mass is 513 g/mol. The fourth-order valence-electron chi connectivity index (χ4n) is 2.55. The van der Waals surface area contributed by atoms with Crippen LogP contribution in [0.5, 0.6) is 17.2 Å². The molecule has 154 valence electrons. The first kappa shape index (κ1) is 22.4. The molecule has 2 aromatic carbocycles. The van der Waals surface area contributed by atoms with Gasteiger partial charge in [-0.15, -0.1) is 0 Å². The highest BCUT2D eigenvalue weighted by atomic mass is 127. The Balaban J connectivity index is 2.06. The van der Waals surface area contributed by atoms with Crippen molar-refractivity contribution in [2.24, 2.45) is 5.10 Å². The van der Waals surface area contributed by atoms with Gasteiger partial charge in [-0.3, -0.25) is 14.9 Å². The smallest absolute Gasteiger partial charge is 0.277 e. The first-order valence-corrected chi connectivity index (χ1v) is 9.66. The molecule has 10 heteroatoms. The first-order chi connectivity index (χ1) is 13.7. The zero-order chi connectivity index (χ0) is 21.6. The van der Waals surface area contributed by atoms with Crippen molar-refractivity contribution >= 4 is 40.4 Å². The van der Waals surface area contributed by atoms with E-state index in [1.165, 1.54) is 0 Å². The van der Waals surface area contributed by atoms with Gasteiger partial charge in [-0.2, -0.15) is 5.10 Å². The van der Waals surface area contributed by atoms with Crippen LogP contribution in [0.25, 0.3) is 0 Å². The van der Waals surface area contributed by atoms with Gasteiger partial charge in [-0.1, -0.05) is 0 Å². The Hall–Kier alpha value is -2.89. The van der Waals surface area contributed by atoms with Gasteiger partial charge in [0, 0.05) is 15.2 Å². The minimum absolute atomic E-state index is 0.0354. The van der Waals surface area contributed by atoms with Crippen molar-refractivity contribution in [3.63, 3.8) is 0 Å². The predicted molar refractivity (Wildman–Crippen MR) is 116 cm³/mol. The van der Waals surface area contributed by atoms with Gasteiger partial charge in [0.25, 0.3) is 11.6 Å². The first-order valence-electron chi connectivity index (χ1n) is 8.58. The molecule has 2 rings (SSSR count). The molecule has 0 fully saturated rings. The predicted octanol–water partition coefficient (Wildman–Crippen LogP) is 3.45. The van der Waals surface area contributed by atoms with Gasteiger partial charge in [-0.05, 0) is 66.6 Å². The zero-order valence-electron chi connectivity index (χ0n) is 16.1. The lowest BCUT2D eigenvalue weighted by atomic mass is 10.1. The van der Waals surface area contributed by atoms with Gasteiger partial charge in [0.1, 0.15) is 5.75 Å². The SMILES string of the molecule is CCOc1cc([N+](=O)[O-])cc(/C=N\NC(=O)COc2c(C)cc(I)cc2C)c1O. The number of hydrogen-bond donors (Lipinski definition) is 2. The topological polar surface area (TPSA) is 123 Å². The number of aromatic hydroxyl groups is 1. The zero-order valence-corrected chi connectivity index (χ0v) is 18.2. The molecule has 0 bridgehead atoms. The Morgan fingerprint density at radius 3 is 2.52 bits per heavy atom. The molecule has 0 heterocycles. The number of phenolic OH excluding ortho intramolecular Hbond substituents is 1. The highest BCUT2D eigenvalue weighted by molar-refractivity contribution is 14.1. The summed E-state index contributed by atoms with van der Waals surface area (Å²) >= 11 is 2.20. The lowest BCUT2D eigenvalue weighted by Crippen LogP contribution is -2.25. The van der Waals surface area contributed by atoms with E-state index < -0.39 is 10.8 Å². The van der Waals surface area contributed by atoms with Crippen molar-refractivity contribution in [3.8, 4) is 17.2 Å². The normalized spacial score (nSPS) is 10.8. The summed E-state index contributed by atoms with van der Waals surface area (Å²) in [6.07, 6.45) is 1.10. The van der Waals surface area contributed by atoms with E-state index in [9.17, 15) is 20.0 Å². The van der Waals surface area contributed by atoms with Crippen molar-refractivity contribution in [3.05, 3.63) is 54.6 Å². The van der Waals surface area contributed by atoms with Crippen molar-refractivity contribution in [1.29, 1.82) is 0 Å². The molecule has 9 nitrogen and oxygen atoms in total. The van der Waals surface area contributed by atoms with Crippen LogP contribution in [0.15, 0.2) is 29.4 Å². The van der Waals surface area contributed by atoms with Crippen LogP contribution >= 0.6 is 22.6 Å². The molecule has 0 atom stereocenters.